The van der Waals surface area contributed by atoms with Crippen molar-refractivity contribution in [3.05, 3.63) is 95.6 Å². The van der Waals surface area contributed by atoms with E-state index in [2.05, 4.69) is 10.6 Å². The summed E-state index contributed by atoms with van der Waals surface area (Å²) in [5.41, 5.74) is 2.82. The summed E-state index contributed by atoms with van der Waals surface area (Å²) in [5, 5.41) is 5.55. The molecule has 2 amide bonds. The fraction of sp³-hybridized carbons (Fsp3) is 0.214. The van der Waals surface area contributed by atoms with Crippen LogP contribution in [0.3, 0.4) is 0 Å². The molecule has 3 aromatic carbocycles. The number of hydrogen-bond acceptors (Lipinski definition) is 5. The highest BCUT2D eigenvalue weighted by molar-refractivity contribution is 5.92. The van der Waals surface area contributed by atoms with Crippen molar-refractivity contribution in [3.63, 3.8) is 0 Å². The predicted octanol–water partition coefficient (Wildman–Crippen LogP) is 4.12. The van der Waals surface area contributed by atoms with E-state index in [0.717, 1.165) is 22.4 Å². The molecule has 182 valence electrons. The van der Waals surface area contributed by atoms with Gasteiger partial charge in [-0.3, -0.25) is 9.59 Å². The molecule has 0 aliphatic rings. The summed E-state index contributed by atoms with van der Waals surface area (Å²) >= 11 is 0. The van der Waals surface area contributed by atoms with E-state index in [1.54, 1.807) is 26.4 Å². The Labute approximate surface area is 205 Å². The number of carbonyl (C=O) groups is 2. The van der Waals surface area contributed by atoms with Gasteiger partial charge in [-0.25, -0.2) is 0 Å². The lowest BCUT2D eigenvalue weighted by molar-refractivity contribution is -0.121. The van der Waals surface area contributed by atoms with Crippen LogP contribution in [0.5, 0.6) is 17.2 Å². The van der Waals surface area contributed by atoms with Crippen molar-refractivity contribution >= 4 is 17.9 Å². The zero-order chi connectivity index (χ0) is 24.9. The molecule has 0 saturated heterocycles. The molecule has 7 heteroatoms. The Morgan fingerprint density at radius 3 is 2.31 bits per heavy atom. The van der Waals surface area contributed by atoms with Crippen LogP contribution in [0, 0.1) is 0 Å². The Hall–Kier alpha value is -4.26. The standard InChI is InChI=1S/C28H30N2O5/c1-33-24-12-8-22(9-13-24)19-30-28(32)16-17-29-27(31)15-11-21-10-14-25(26(18-21)34-2)35-20-23-6-4-3-5-7-23/h3-15,18H,16-17,19-20H2,1-2H3,(H,29,31)(H,30,32)/b15-11+. The van der Waals surface area contributed by atoms with Crippen molar-refractivity contribution in [2.75, 3.05) is 20.8 Å². The van der Waals surface area contributed by atoms with Gasteiger partial charge in [0.25, 0.3) is 0 Å². The smallest absolute Gasteiger partial charge is 0.244 e. The zero-order valence-electron chi connectivity index (χ0n) is 20.0. The Kier molecular flexibility index (Phi) is 9.75. The van der Waals surface area contributed by atoms with E-state index in [9.17, 15) is 9.59 Å². The molecule has 0 spiro atoms. The number of ether oxygens (including phenoxy) is 3. The van der Waals surface area contributed by atoms with Crippen molar-refractivity contribution < 1.29 is 23.8 Å². The second kappa shape index (κ2) is 13.4. The fourth-order valence-corrected chi connectivity index (χ4v) is 3.20. The first-order chi connectivity index (χ1) is 17.1. The van der Waals surface area contributed by atoms with Crippen LogP contribution in [-0.2, 0) is 22.7 Å². The predicted molar refractivity (Wildman–Crippen MR) is 135 cm³/mol. The molecule has 7 nitrogen and oxygen atoms in total. The van der Waals surface area contributed by atoms with Gasteiger partial charge in [-0.15, -0.1) is 0 Å². The molecule has 0 aromatic heterocycles. The molecule has 0 atom stereocenters. The van der Waals surface area contributed by atoms with Crippen molar-refractivity contribution in [2.24, 2.45) is 0 Å². The average Bonchev–Trinajstić information content (AvgIpc) is 2.90. The molecule has 3 rings (SSSR count). The van der Waals surface area contributed by atoms with Gasteiger partial charge >= 0.3 is 0 Å². The van der Waals surface area contributed by atoms with Crippen LogP contribution in [-0.4, -0.2) is 32.6 Å². The number of nitrogens with one attached hydrogen (secondary N) is 2. The summed E-state index contributed by atoms with van der Waals surface area (Å²) < 4.78 is 16.4. The van der Waals surface area contributed by atoms with Crippen molar-refractivity contribution in [3.8, 4) is 17.2 Å². The molecular weight excluding hydrogens is 444 g/mol. The molecular formula is C28H30N2O5. The summed E-state index contributed by atoms with van der Waals surface area (Å²) in [6, 6.07) is 22.8. The van der Waals surface area contributed by atoms with Gasteiger partial charge in [0.1, 0.15) is 12.4 Å². The molecule has 3 aromatic rings. The normalized spacial score (nSPS) is 10.6. The summed E-state index contributed by atoms with van der Waals surface area (Å²) in [6.07, 6.45) is 3.30. The van der Waals surface area contributed by atoms with E-state index >= 15 is 0 Å². The van der Waals surface area contributed by atoms with Crippen LogP contribution in [0.4, 0.5) is 0 Å². The minimum absolute atomic E-state index is 0.138. The van der Waals surface area contributed by atoms with E-state index in [-0.39, 0.29) is 24.8 Å². The molecule has 0 aliphatic heterocycles. The summed E-state index contributed by atoms with van der Waals surface area (Å²) in [6.45, 7) is 1.10. The molecule has 0 fully saturated rings. The fourth-order valence-electron chi connectivity index (χ4n) is 3.20. The third-order valence-corrected chi connectivity index (χ3v) is 5.15. The van der Waals surface area contributed by atoms with Gasteiger partial charge in [0.05, 0.1) is 14.2 Å². The molecule has 0 unspecified atom stereocenters. The first kappa shape index (κ1) is 25.4. The van der Waals surface area contributed by atoms with Crippen LogP contribution in [0.15, 0.2) is 78.9 Å². The van der Waals surface area contributed by atoms with Gasteiger partial charge < -0.3 is 24.8 Å². The molecule has 35 heavy (non-hydrogen) atoms. The number of carbonyl (C=O) groups excluding carboxylic acids is 2. The second-order valence-electron chi connectivity index (χ2n) is 7.68. The van der Waals surface area contributed by atoms with Gasteiger partial charge in [-0.1, -0.05) is 48.5 Å². The Balaban J connectivity index is 1.40. The molecule has 2 N–H and O–H groups in total. The first-order valence-corrected chi connectivity index (χ1v) is 11.3. The number of hydrogen-bond donors (Lipinski definition) is 2. The lowest BCUT2D eigenvalue weighted by atomic mass is 10.2. The number of amides is 2. The van der Waals surface area contributed by atoms with Gasteiger partial charge in [0, 0.05) is 25.6 Å². The van der Waals surface area contributed by atoms with Crippen molar-refractivity contribution in [1.29, 1.82) is 0 Å². The molecule has 0 aliphatic carbocycles. The Morgan fingerprint density at radius 2 is 1.60 bits per heavy atom. The van der Waals surface area contributed by atoms with E-state index in [0.29, 0.717) is 24.7 Å². The summed E-state index contributed by atoms with van der Waals surface area (Å²) in [7, 11) is 3.18. The first-order valence-electron chi connectivity index (χ1n) is 11.3. The van der Waals surface area contributed by atoms with E-state index in [1.165, 1.54) is 6.08 Å². The van der Waals surface area contributed by atoms with Gasteiger partial charge in [0.2, 0.25) is 11.8 Å². The average molecular weight is 475 g/mol. The maximum absolute atomic E-state index is 12.1. The highest BCUT2D eigenvalue weighted by Crippen LogP contribution is 2.29. The quantitative estimate of drug-likeness (QED) is 0.386. The molecule has 0 saturated carbocycles. The SMILES string of the molecule is COc1ccc(CNC(=O)CCNC(=O)/C=C/c2ccc(OCc3ccccc3)c(OC)c2)cc1. The van der Waals surface area contributed by atoms with Gasteiger partial charge in [-0.05, 0) is 47.0 Å². The lowest BCUT2D eigenvalue weighted by Crippen LogP contribution is -2.29. The van der Waals surface area contributed by atoms with Crippen LogP contribution in [0.25, 0.3) is 6.08 Å². The number of benzene rings is 3. The van der Waals surface area contributed by atoms with E-state index in [1.807, 2.05) is 66.7 Å². The maximum Gasteiger partial charge on any atom is 0.244 e. The maximum atomic E-state index is 12.1. The van der Waals surface area contributed by atoms with Crippen LogP contribution in [0.2, 0.25) is 0 Å². The molecule has 0 bridgehead atoms. The highest BCUT2D eigenvalue weighted by atomic mass is 16.5. The second-order valence-corrected chi connectivity index (χ2v) is 7.68. The molecule has 0 radical (unpaired) electrons. The third kappa shape index (κ3) is 8.55. The van der Waals surface area contributed by atoms with E-state index in [4.69, 9.17) is 14.2 Å². The minimum atomic E-state index is -0.281. The van der Waals surface area contributed by atoms with Crippen molar-refractivity contribution in [2.45, 2.75) is 19.6 Å². The van der Waals surface area contributed by atoms with Gasteiger partial charge in [-0.2, -0.15) is 0 Å². The largest absolute Gasteiger partial charge is 0.497 e. The number of methoxy groups -OCH3 is 2. The number of rotatable bonds is 12. The lowest BCUT2D eigenvalue weighted by Gasteiger charge is -2.11. The summed E-state index contributed by atoms with van der Waals surface area (Å²) in [5.74, 6) is 1.55. The molecule has 0 heterocycles. The van der Waals surface area contributed by atoms with Crippen molar-refractivity contribution in [1.82, 2.24) is 10.6 Å². The monoisotopic (exact) mass is 474 g/mol. The van der Waals surface area contributed by atoms with Crippen LogP contribution in [0.1, 0.15) is 23.1 Å². The topological polar surface area (TPSA) is 85.9 Å². The Morgan fingerprint density at radius 1 is 0.829 bits per heavy atom. The van der Waals surface area contributed by atoms with E-state index < -0.39 is 0 Å². The third-order valence-electron chi connectivity index (χ3n) is 5.15. The Bertz CT molecular complexity index is 1130. The minimum Gasteiger partial charge on any atom is -0.497 e. The van der Waals surface area contributed by atoms with Gasteiger partial charge in [0.15, 0.2) is 11.5 Å². The zero-order valence-corrected chi connectivity index (χ0v) is 20.0. The van der Waals surface area contributed by atoms with Crippen LogP contribution >= 0.6 is 0 Å². The summed E-state index contributed by atoms with van der Waals surface area (Å²) in [4.78, 5) is 24.1. The highest BCUT2D eigenvalue weighted by Gasteiger charge is 2.06. The van der Waals surface area contributed by atoms with Crippen LogP contribution < -0.4 is 24.8 Å².